The third kappa shape index (κ3) is 2.33. The van der Waals surface area contributed by atoms with Gasteiger partial charge in [-0.1, -0.05) is 19.9 Å². The molecule has 0 bridgehead atoms. The van der Waals surface area contributed by atoms with Crippen molar-refractivity contribution in [3.63, 3.8) is 0 Å². The van der Waals surface area contributed by atoms with Crippen LogP contribution >= 0.6 is 0 Å². The molecule has 8 atom stereocenters. The van der Waals surface area contributed by atoms with E-state index < -0.39 is 6.10 Å². The van der Waals surface area contributed by atoms with E-state index in [2.05, 4.69) is 19.9 Å². The Balaban J connectivity index is 1.70. The fourth-order valence-corrected chi connectivity index (χ4v) is 7.40. The highest BCUT2D eigenvalue weighted by molar-refractivity contribution is 5.91. The molecule has 0 spiro atoms. The lowest BCUT2D eigenvalue weighted by atomic mass is 9.45. The van der Waals surface area contributed by atoms with E-state index in [0.717, 1.165) is 25.7 Å². The van der Waals surface area contributed by atoms with Crippen LogP contribution in [0.5, 0.6) is 0 Å². The van der Waals surface area contributed by atoms with Crippen molar-refractivity contribution in [2.75, 3.05) is 6.61 Å². The highest BCUT2D eigenvalue weighted by atomic mass is 16.3. The first-order chi connectivity index (χ1) is 11.8. The van der Waals surface area contributed by atoms with Crippen LogP contribution in [0.2, 0.25) is 0 Å². The van der Waals surface area contributed by atoms with E-state index >= 15 is 0 Å². The van der Waals surface area contributed by atoms with Gasteiger partial charge in [-0.15, -0.1) is 0 Å². The van der Waals surface area contributed by atoms with Gasteiger partial charge in [0.1, 0.15) is 6.61 Å². The topological polar surface area (TPSA) is 74.6 Å². The van der Waals surface area contributed by atoms with Crippen molar-refractivity contribution in [1.82, 2.24) is 0 Å². The van der Waals surface area contributed by atoms with Crippen molar-refractivity contribution in [3.05, 3.63) is 12.2 Å². The largest absolute Gasteiger partial charge is 0.393 e. The van der Waals surface area contributed by atoms with Crippen molar-refractivity contribution in [2.45, 2.75) is 58.5 Å². The molecule has 0 amide bonds. The number of Topliss-reactive ketones (excluding diaryl/α,β-unsaturated/α-hetero) is 1. The number of carbonyl (C=O) groups excluding carboxylic acids is 2. The number of rotatable bonds is 2. The van der Waals surface area contributed by atoms with Crippen LogP contribution in [0.1, 0.15) is 52.4 Å². The summed E-state index contributed by atoms with van der Waals surface area (Å²) in [4.78, 5) is 24.2. The Kier molecular flexibility index (Phi) is 4.01. The molecule has 0 saturated heterocycles. The van der Waals surface area contributed by atoms with Gasteiger partial charge >= 0.3 is 0 Å². The van der Waals surface area contributed by atoms with Crippen LogP contribution in [-0.2, 0) is 9.59 Å². The summed E-state index contributed by atoms with van der Waals surface area (Å²) in [5.41, 5.74) is -0.311. The lowest BCUT2D eigenvalue weighted by Gasteiger charge is -2.60. The first-order valence-corrected chi connectivity index (χ1v) is 9.85. The Morgan fingerprint density at radius 1 is 1.24 bits per heavy atom. The van der Waals surface area contributed by atoms with Crippen molar-refractivity contribution < 1.29 is 19.8 Å². The summed E-state index contributed by atoms with van der Waals surface area (Å²) < 4.78 is 0. The van der Waals surface area contributed by atoms with E-state index in [1.165, 1.54) is 0 Å². The van der Waals surface area contributed by atoms with Crippen LogP contribution in [0, 0.1) is 40.4 Å². The molecule has 4 aliphatic carbocycles. The summed E-state index contributed by atoms with van der Waals surface area (Å²) >= 11 is 0. The smallest absolute Gasteiger partial charge is 0.161 e. The molecule has 4 nitrogen and oxygen atoms in total. The Morgan fingerprint density at radius 2 is 2.00 bits per heavy atom. The summed E-state index contributed by atoms with van der Waals surface area (Å²) in [5, 5.41) is 20.5. The van der Waals surface area contributed by atoms with Gasteiger partial charge < -0.3 is 10.2 Å². The number of ketones is 2. The van der Waals surface area contributed by atoms with Crippen LogP contribution in [-0.4, -0.2) is 34.5 Å². The Labute approximate surface area is 149 Å². The second-order valence-electron chi connectivity index (χ2n) is 9.47. The molecule has 2 N–H and O–H groups in total. The summed E-state index contributed by atoms with van der Waals surface area (Å²) in [6.45, 7) is 4.01. The van der Waals surface area contributed by atoms with E-state index in [0.29, 0.717) is 30.6 Å². The summed E-state index contributed by atoms with van der Waals surface area (Å²) in [7, 11) is 0. The second-order valence-corrected chi connectivity index (χ2v) is 9.47. The van der Waals surface area contributed by atoms with Crippen LogP contribution < -0.4 is 0 Å². The molecule has 25 heavy (non-hydrogen) atoms. The van der Waals surface area contributed by atoms with E-state index in [-0.39, 0.29) is 40.8 Å². The first kappa shape index (κ1) is 17.4. The number of carbonyl (C=O) groups is 2. The van der Waals surface area contributed by atoms with Crippen LogP contribution in [0.25, 0.3) is 0 Å². The second kappa shape index (κ2) is 5.75. The van der Waals surface area contributed by atoms with Gasteiger partial charge in [0.25, 0.3) is 0 Å². The molecule has 0 heterocycles. The molecule has 3 saturated carbocycles. The van der Waals surface area contributed by atoms with E-state index in [1.807, 2.05) is 0 Å². The number of aliphatic hydroxyl groups is 2. The van der Waals surface area contributed by atoms with Gasteiger partial charge in [-0.3, -0.25) is 9.59 Å². The molecule has 1 unspecified atom stereocenters. The molecule has 0 aromatic heterocycles. The van der Waals surface area contributed by atoms with E-state index in [4.69, 9.17) is 0 Å². The molecule has 0 radical (unpaired) electrons. The predicted molar refractivity (Wildman–Crippen MR) is 93.6 cm³/mol. The van der Waals surface area contributed by atoms with Crippen molar-refractivity contribution in [1.29, 1.82) is 0 Å². The summed E-state index contributed by atoms with van der Waals surface area (Å²) in [5.74, 6) is 1.39. The van der Waals surface area contributed by atoms with Gasteiger partial charge in [-0.2, -0.15) is 0 Å². The zero-order chi connectivity index (χ0) is 18.0. The highest BCUT2D eigenvalue weighted by Gasteiger charge is 2.63. The Morgan fingerprint density at radius 3 is 2.72 bits per heavy atom. The molecular weight excluding hydrogens is 316 g/mol. The zero-order valence-corrected chi connectivity index (χ0v) is 15.3. The van der Waals surface area contributed by atoms with Crippen LogP contribution in [0.3, 0.4) is 0 Å². The molecule has 0 aromatic carbocycles. The SMILES string of the molecule is C[C@]12C[C@H](O)[C@H]3[C@@H](CCC4CC(=O)C=C[C@@]43C)[C@@H]1CC[C@@H]2C(=O)CO. The Hall–Kier alpha value is -1.00. The van der Waals surface area contributed by atoms with E-state index in [9.17, 15) is 19.8 Å². The van der Waals surface area contributed by atoms with Gasteiger partial charge in [0.05, 0.1) is 6.10 Å². The molecule has 138 valence electrons. The minimum atomic E-state index is -0.441. The van der Waals surface area contributed by atoms with Crippen LogP contribution in [0.15, 0.2) is 12.2 Å². The molecule has 4 heteroatoms. The molecule has 3 fully saturated rings. The molecular formula is C21H30O4. The van der Waals surface area contributed by atoms with Crippen molar-refractivity contribution >= 4 is 11.6 Å². The number of allylic oxidation sites excluding steroid dienone is 2. The lowest BCUT2D eigenvalue weighted by Crippen LogP contribution is -2.58. The standard InChI is InChI=1S/C21H30O4/c1-20-8-7-13(23)9-12(20)3-4-14-15-5-6-16(18(25)11-22)21(15,2)10-17(24)19(14)20/h7-8,12,14-17,19,22,24H,3-6,9-11H2,1-2H3/t12?,14-,15-,16+,17-,19+,20-,21-/m0/s1. The average molecular weight is 346 g/mol. The molecule has 4 aliphatic rings. The third-order valence-corrected chi connectivity index (χ3v) is 8.52. The van der Waals surface area contributed by atoms with Gasteiger partial charge in [0.15, 0.2) is 11.6 Å². The maximum atomic E-state index is 12.3. The van der Waals surface area contributed by atoms with E-state index in [1.54, 1.807) is 6.08 Å². The molecule has 0 aromatic rings. The molecule has 0 aliphatic heterocycles. The molecule has 4 rings (SSSR count). The summed E-state index contributed by atoms with van der Waals surface area (Å²) in [6, 6.07) is 0. The van der Waals surface area contributed by atoms with Crippen molar-refractivity contribution in [3.8, 4) is 0 Å². The Bertz CT molecular complexity index is 625. The van der Waals surface area contributed by atoms with Gasteiger partial charge in [-0.05, 0) is 72.7 Å². The minimum absolute atomic E-state index is 0.0568. The maximum absolute atomic E-state index is 12.3. The fourth-order valence-electron chi connectivity index (χ4n) is 7.40. The van der Waals surface area contributed by atoms with Gasteiger partial charge in [0.2, 0.25) is 0 Å². The number of fused-ring (bicyclic) bond motifs is 5. The first-order valence-electron chi connectivity index (χ1n) is 9.85. The predicted octanol–water partition coefficient (Wildman–Crippen LogP) is 2.52. The third-order valence-electron chi connectivity index (χ3n) is 8.52. The van der Waals surface area contributed by atoms with Gasteiger partial charge in [-0.25, -0.2) is 0 Å². The fraction of sp³-hybridized carbons (Fsp3) is 0.810. The van der Waals surface area contributed by atoms with Crippen molar-refractivity contribution in [2.24, 2.45) is 40.4 Å². The van der Waals surface area contributed by atoms with Gasteiger partial charge in [0, 0.05) is 12.3 Å². The zero-order valence-electron chi connectivity index (χ0n) is 15.3. The number of aliphatic hydroxyl groups excluding tert-OH is 2. The number of hydrogen-bond donors (Lipinski definition) is 2. The highest BCUT2D eigenvalue weighted by Crippen LogP contribution is 2.66. The number of hydrogen-bond acceptors (Lipinski definition) is 4. The lowest BCUT2D eigenvalue weighted by molar-refractivity contribution is -0.156. The quantitative estimate of drug-likeness (QED) is 0.806. The average Bonchev–Trinajstić information content (AvgIpc) is 2.91. The maximum Gasteiger partial charge on any atom is 0.161 e. The summed E-state index contributed by atoms with van der Waals surface area (Å²) in [6.07, 6.45) is 8.55. The normalized spacial score (nSPS) is 51.6. The van der Waals surface area contributed by atoms with Crippen LogP contribution in [0.4, 0.5) is 0 Å². The minimum Gasteiger partial charge on any atom is -0.393 e. The monoisotopic (exact) mass is 346 g/mol.